The number of thiophene rings is 1. The van der Waals surface area contributed by atoms with Crippen molar-refractivity contribution in [3.63, 3.8) is 0 Å². The third-order valence-corrected chi connectivity index (χ3v) is 13.3. The number of imide groups is 2. The van der Waals surface area contributed by atoms with E-state index < -0.39 is 23.8 Å². The van der Waals surface area contributed by atoms with Gasteiger partial charge in [0, 0.05) is 48.4 Å². The van der Waals surface area contributed by atoms with Crippen LogP contribution >= 0.6 is 11.3 Å². The Hall–Kier alpha value is -5.83. The number of carbonyl (C=O) groups excluding carboxylic acids is 4. The van der Waals surface area contributed by atoms with Crippen LogP contribution in [-0.4, -0.2) is 108 Å². The lowest BCUT2D eigenvalue weighted by atomic mass is 9.97. The molecule has 4 amide bonds. The van der Waals surface area contributed by atoms with Crippen molar-refractivity contribution in [3.05, 3.63) is 102 Å². The summed E-state index contributed by atoms with van der Waals surface area (Å²) in [6.45, 7) is 8.30. The van der Waals surface area contributed by atoms with E-state index >= 15 is 0 Å². The van der Waals surface area contributed by atoms with Crippen LogP contribution in [0.5, 0.6) is 23.0 Å². The van der Waals surface area contributed by atoms with Gasteiger partial charge in [-0.3, -0.25) is 34.3 Å². The molecule has 0 saturated carbocycles. The first-order chi connectivity index (χ1) is 29.2. The maximum atomic E-state index is 13.7. The summed E-state index contributed by atoms with van der Waals surface area (Å²) >= 11 is 1.49. The van der Waals surface area contributed by atoms with Gasteiger partial charge in [0.15, 0.2) is 5.75 Å². The van der Waals surface area contributed by atoms with Crippen molar-refractivity contribution >= 4 is 50.7 Å². The van der Waals surface area contributed by atoms with E-state index in [1.165, 1.54) is 23.5 Å². The summed E-state index contributed by atoms with van der Waals surface area (Å²) in [6.07, 6.45) is 3.51. The molecule has 4 aromatic carbocycles. The van der Waals surface area contributed by atoms with E-state index in [4.69, 9.17) is 9.47 Å². The van der Waals surface area contributed by atoms with Crippen molar-refractivity contribution < 1.29 is 38.1 Å². The second-order valence-corrected chi connectivity index (χ2v) is 17.0. The number of hydrogen-bond donors (Lipinski definition) is 2. The second kappa shape index (κ2) is 17.0. The third-order valence-electron chi connectivity index (χ3n) is 12.1. The molecule has 5 heterocycles. The van der Waals surface area contributed by atoms with Gasteiger partial charge in [-0.05, 0) is 136 Å². The fourth-order valence-corrected chi connectivity index (χ4v) is 9.84. The topological polar surface area (TPSA) is 132 Å². The number of nitrogens with zero attached hydrogens (tertiary/aromatic N) is 4. The summed E-state index contributed by atoms with van der Waals surface area (Å²) in [5.41, 5.74) is 2.34. The monoisotopic (exact) mass is 831 g/mol. The second-order valence-electron chi connectivity index (χ2n) is 16.0. The number of amides is 4. The van der Waals surface area contributed by atoms with Gasteiger partial charge in [0.25, 0.3) is 11.8 Å². The zero-order chi connectivity index (χ0) is 41.3. The molecule has 60 heavy (non-hydrogen) atoms. The molecule has 9 rings (SSSR count). The number of ether oxygens (including phenoxy) is 2. The SMILES string of the molecule is O=C1CCC(N2C(=O)c3ccc(N4CCN(CCCN5CCC(COc6ccc(Oc7c(-c8ccc(F)cc8)sc8cc(O)ccc78)cc6)CC5)CC4)cc3C2=O)C(=O)N1. The number of anilines is 1. The standard InChI is InChI=1S/C46H46FN5O7S/c47-31-4-2-30(3-5-31)43-42(37-13-7-33(53)27-40(37)60-43)59-35-10-8-34(9-11-35)58-28-29-16-20-49(21-17-29)18-1-19-50-22-24-51(25-23-50)32-6-12-36-38(26-32)46(57)52(45(36)56)39-14-15-41(54)48-44(39)55/h2-13,26-27,29,39,53H,1,14-25,28H2,(H,48,54,55). The lowest BCUT2D eigenvalue weighted by molar-refractivity contribution is -0.136. The van der Waals surface area contributed by atoms with Crippen molar-refractivity contribution in [2.45, 2.75) is 38.1 Å². The normalized spacial score (nSPS) is 19.2. The number of rotatable bonds is 12. The minimum Gasteiger partial charge on any atom is -0.508 e. The van der Waals surface area contributed by atoms with Crippen molar-refractivity contribution in [3.8, 4) is 33.4 Å². The number of piperidine rings is 2. The van der Waals surface area contributed by atoms with Gasteiger partial charge in [-0.15, -0.1) is 11.3 Å². The lowest BCUT2D eigenvalue weighted by Crippen LogP contribution is -2.54. The molecule has 4 aliphatic heterocycles. The van der Waals surface area contributed by atoms with E-state index in [1.807, 2.05) is 36.4 Å². The van der Waals surface area contributed by atoms with E-state index in [0.717, 1.165) is 108 Å². The largest absolute Gasteiger partial charge is 0.508 e. The lowest BCUT2D eigenvalue weighted by Gasteiger charge is -2.37. The number of phenols is 1. The maximum absolute atomic E-state index is 13.7. The number of phenolic OH excluding ortho intramolecular Hbond substituents is 1. The number of benzene rings is 4. The zero-order valence-corrected chi connectivity index (χ0v) is 33.9. The number of nitrogens with one attached hydrogen (secondary N) is 1. The summed E-state index contributed by atoms with van der Waals surface area (Å²) in [6, 6.07) is 23.5. The van der Waals surface area contributed by atoms with Gasteiger partial charge in [0.05, 0.1) is 22.6 Å². The van der Waals surface area contributed by atoms with Crippen LogP contribution in [-0.2, 0) is 9.59 Å². The van der Waals surface area contributed by atoms with Crippen LogP contribution in [0.4, 0.5) is 10.1 Å². The molecule has 0 bridgehead atoms. The van der Waals surface area contributed by atoms with Crippen LogP contribution in [0.2, 0.25) is 0 Å². The summed E-state index contributed by atoms with van der Waals surface area (Å²) in [7, 11) is 0. The molecule has 1 unspecified atom stereocenters. The Labute approximate surface area is 351 Å². The molecule has 0 spiro atoms. The van der Waals surface area contributed by atoms with Crippen molar-refractivity contribution in [1.82, 2.24) is 20.0 Å². The number of carbonyl (C=O) groups is 4. The van der Waals surface area contributed by atoms with Crippen molar-refractivity contribution in [2.24, 2.45) is 5.92 Å². The smallest absolute Gasteiger partial charge is 0.262 e. The van der Waals surface area contributed by atoms with Crippen LogP contribution in [0, 0.1) is 11.7 Å². The van der Waals surface area contributed by atoms with Crippen LogP contribution in [0.25, 0.3) is 20.5 Å². The number of hydrogen-bond acceptors (Lipinski definition) is 11. The molecular weight excluding hydrogens is 786 g/mol. The molecule has 14 heteroatoms. The molecule has 2 N–H and O–H groups in total. The highest BCUT2D eigenvalue weighted by atomic mass is 32.1. The van der Waals surface area contributed by atoms with Crippen LogP contribution < -0.4 is 19.7 Å². The Bertz CT molecular complexity index is 2420. The summed E-state index contributed by atoms with van der Waals surface area (Å²) < 4.78 is 27.2. The van der Waals surface area contributed by atoms with Crippen molar-refractivity contribution in [1.29, 1.82) is 0 Å². The fourth-order valence-electron chi connectivity index (χ4n) is 8.67. The summed E-state index contributed by atoms with van der Waals surface area (Å²) in [5, 5.41) is 13.2. The molecule has 1 atom stereocenters. The number of aromatic hydroxyl groups is 1. The van der Waals surface area contributed by atoms with Crippen molar-refractivity contribution in [2.75, 3.05) is 63.9 Å². The van der Waals surface area contributed by atoms with E-state index in [9.17, 15) is 28.7 Å². The molecule has 310 valence electrons. The number of fused-ring (bicyclic) bond motifs is 2. The minimum atomic E-state index is -0.968. The average molecular weight is 832 g/mol. The molecule has 4 aliphatic rings. The van der Waals surface area contributed by atoms with Crippen LogP contribution in [0.1, 0.15) is 52.8 Å². The molecule has 3 saturated heterocycles. The first kappa shape index (κ1) is 39.6. The molecule has 12 nitrogen and oxygen atoms in total. The summed E-state index contributed by atoms with van der Waals surface area (Å²) in [5.74, 6) is 0.522. The first-order valence-electron chi connectivity index (χ1n) is 20.6. The number of halogens is 1. The summed E-state index contributed by atoms with van der Waals surface area (Å²) in [4.78, 5) is 59.6. The Morgan fingerprint density at radius 1 is 0.750 bits per heavy atom. The molecule has 5 aromatic rings. The molecular formula is C46H46FN5O7S. The Morgan fingerprint density at radius 2 is 1.45 bits per heavy atom. The van der Waals surface area contributed by atoms with Crippen LogP contribution in [0.3, 0.4) is 0 Å². The quantitative estimate of drug-likeness (QED) is 0.128. The van der Waals surface area contributed by atoms with E-state index in [1.54, 1.807) is 36.4 Å². The van der Waals surface area contributed by atoms with E-state index in [-0.39, 0.29) is 30.3 Å². The molecule has 3 fully saturated rings. The highest BCUT2D eigenvalue weighted by Gasteiger charge is 2.45. The average Bonchev–Trinajstić information content (AvgIpc) is 3.73. The van der Waals surface area contributed by atoms with Gasteiger partial charge in [-0.25, -0.2) is 4.39 Å². The number of likely N-dealkylation sites (tertiary alicyclic amines) is 1. The molecule has 1 aromatic heterocycles. The van der Waals surface area contributed by atoms with Gasteiger partial charge >= 0.3 is 0 Å². The van der Waals surface area contributed by atoms with Gasteiger partial charge < -0.3 is 24.4 Å². The number of piperazine rings is 1. The molecule has 0 radical (unpaired) electrons. The third kappa shape index (κ3) is 8.32. The van der Waals surface area contributed by atoms with E-state index in [2.05, 4.69) is 20.0 Å². The van der Waals surface area contributed by atoms with E-state index in [0.29, 0.717) is 35.2 Å². The Morgan fingerprint density at radius 3 is 2.18 bits per heavy atom. The fraction of sp³-hybridized carbons (Fsp3) is 0.348. The molecule has 0 aliphatic carbocycles. The Balaban J connectivity index is 0.695. The van der Waals surface area contributed by atoms with Gasteiger partial charge in [-0.1, -0.05) is 12.1 Å². The highest BCUT2D eigenvalue weighted by molar-refractivity contribution is 7.22. The first-order valence-corrected chi connectivity index (χ1v) is 21.5. The Kier molecular flexibility index (Phi) is 11.2. The minimum absolute atomic E-state index is 0.0951. The maximum Gasteiger partial charge on any atom is 0.262 e. The predicted molar refractivity (Wildman–Crippen MR) is 226 cm³/mol. The zero-order valence-electron chi connectivity index (χ0n) is 33.1. The van der Waals surface area contributed by atoms with Crippen LogP contribution in [0.15, 0.2) is 84.9 Å². The van der Waals surface area contributed by atoms with Gasteiger partial charge in [-0.2, -0.15) is 0 Å². The highest BCUT2D eigenvalue weighted by Crippen LogP contribution is 2.47. The predicted octanol–water partition coefficient (Wildman–Crippen LogP) is 6.91. The van der Waals surface area contributed by atoms with Gasteiger partial charge in [0.1, 0.15) is 29.1 Å². The van der Waals surface area contributed by atoms with Gasteiger partial charge in [0.2, 0.25) is 11.8 Å².